The zero-order chi connectivity index (χ0) is 22.2. The Kier molecular flexibility index (Phi) is 5.11. The SMILES string of the molecule is O=c1cc(-c2cc3cc(Br)ccc3oc2=O)c2ccc(OCc3ccccc3F)cc2o1. The van der Waals surface area contributed by atoms with Crippen LogP contribution in [0.3, 0.4) is 0 Å². The minimum Gasteiger partial charge on any atom is -0.489 e. The Bertz CT molecular complexity index is 1600. The molecule has 2 heterocycles. The fraction of sp³-hybridized carbons (Fsp3) is 0.0400. The van der Waals surface area contributed by atoms with Crippen LogP contribution in [0.1, 0.15) is 5.56 Å². The number of halogens is 2. The van der Waals surface area contributed by atoms with Crippen molar-refractivity contribution >= 4 is 37.9 Å². The Balaban J connectivity index is 1.58. The number of ether oxygens (including phenoxy) is 1. The summed E-state index contributed by atoms with van der Waals surface area (Å²) < 4.78 is 31.1. The molecule has 5 nitrogen and oxygen atoms in total. The molecule has 0 bridgehead atoms. The van der Waals surface area contributed by atoms with E-state index in [-0.39, 0.29) is 23.6 Å². The molecule has 0 aliphatic rings. The summed E-state index contributed by atoms with van der Waals surface area (Å²) in [6.45, 7) is 0.0191. The smallest absolute Gasteiger partial charge is 0.344 e. The molecule has 0 aliphatic carbocycles. The molecule has 2 aromatic heterocycles. The molecule has 0 saturated heterocycles. The molecule has 5 aromatic rings. The Morgan fingerprint density at radius 1 is 0.844 bits per heavy atom. The second-order valence-corrected chi connectivity index (χ2v) is 8.06. The van der Waals surface area contributed by atoms with Crippen LogP contribution in [0.15, 0.2) is 95.7 Å². The van der Waals surface area contributed by atoms with Crippen molar-refractivity contribution in [3.05, 3.63) is 109 Å². The molecule has 3 aromatic carbocycles. The monoisotopic (exact) mass is 492 g/mol. The molecule has 158 valence electrons. The van der Waals surface area contributed by atoms with E-state index >= 15 is 0 Å². The highest BCUT2D eigenvalue weighted by molar-refractivity contribution is 9.10. The van der Waals surface area contributed by atoms with E-state index in [1.54, 1.807) is 54.6 Å². The quantitative estimate of drug-likeness (QED) is 0.285. The van der Waals surface area contributed by atoms with Gasteiger partial charge in [-0.1, -0.05) is 34.1 Å². The normalized spacial score (nSPS) is 11.2. The van der Waals surface area contributed by atoms with Gasteiger partial charge in [0, 0.05) is 38.5 Å². The van der Waals surface area contributed by atoms with Crippen molar-refractivity contribution in [1.82, 2.24) is 0 Å². The summed E-state index contributed by atoms with van der Waals surface area (Å²) in [4.78, 5) is 24.9. The first-order valence-corrected chi connectivity index (χ1v) is 10.5. The Morgan fingerprint density at radius 3 is 2.53 bits per heavy atom. The first-order valence-electron chi connectivity index (χ1n) is 9.66. The van der Waals surface area contributed by atoms with Crippen molar-refractivity contribution in [3.63, 3.8) is 0 Å². The Labute approximate surface area is 188 Å². The first-order chi connectivity index (χ1) is 15.5. The lowest BCUT2D eigenvalue weighted by atomic mass is 10.0. The van der Waals surface area contributed by atoms with E-state index in [4.69, 9.17) is 13.6 Å². The maximum Gasteiger partial charge on any atom is 0.344 e. The molecular weight excluding hydrogens is 479 g/mol. The van der Waals surface area contributed by atoms with E-state index < -0.39 is 11.3 Å². The topological polar surface area (TPSA) is 69.7 Å². The third-order valence-electron chi connectivity index (χ3n) is 5.05. The number of benzene rings is 3. The second kappa shape index (κ2) is 8.09. The van der Waals surface area contributed by atoms with E-state index in [0.29, 0.717) is 33.2 Å². The average Bonchev–Trinajstić information content (AvgIpc) is 2.77. The highest BCUT2D eigenvalue weighted by atomic mass is 79.9. The van der Waals surface area contributed by atoms with Crippen LogP contribution < -0.4 is 16.0 Å². The fourth-order valence-electron chi connectivity index (χ4n) is 3.51. The standard InChI is InChI=1S/C25H14BrFO5/c26-16-5-8-22-15(9-16)10-20(25(29)32-22)19-12-24(28)31-23-11-17(6-7-18(19)23)30-13-14-3-1-2-4-21(14)27/h1-12H,13H2. The minimum atomic E-state index is -0.618. The summed E-state index contributed by atoms with van der Waals surface area (Å²) >= 11 is 3.40. The maximum absolute atomic E-state index is 13.8. The van der Waals surface area contributed by atoms with Gasteiger partial charge in [0.1, 0.15) is 29.3 Å². The molecule has 0 N–H and O–H groups in total. The van der Waals surface area contributed by atoms with Gasteiger partial charge in [0.05, 0.1) is 5.56 Å². The summed E-state index contributed by atoms with van der Waals surface area (Å²) in [5.41, 5.74) is 0.549. The van der Waals surface area contributed by atoms with Crippen molar-refractivity contribution in [2.24, 2.45) is 0 Å². The summed E-state index contributed by atoms with van der Waals surface area (Å²) in [6, 6.07) is 19.5. The lowest BCUT2D eigenvalue weighted by Crippen LogP contribution is -2.06. The molecule has 0 radical (unpaired) electrons. The number of fused-ring (bicyclic) bond motifs is 2. The lowest BCUT2D eigenvalue weighted by Gasteiger charge is -2.10. The van der Waals surface area contributed by atoms with Crippen molar-refractivity contribution in [2.45, 2.75) is 6.61 Å². The highest BCUT2D eigenvalue weighted by Gasteiger charge is 2.15. The third kappa shape index (κ3) is 3.83. The third-order valence-corrected chi connectivity index (χ3v) is 5.55. The predicted molar refractivity (Wildman–Crippen MR) is 122 cm³/mol. The summed E-state index contributed by atoms with van der Waals surface area (Å²) in [6.07, 6.45) is 0. The molecule has 0 amide bonds. The van der Waals surface area contributed by atoms with E-state index in [2.05, 4.69) is 15.9 Å². The Morgan fingerprint density at radius 2 is 1.69 bits per heavy atom. The van der Waals surface area contributed by atoms with Crippen LogP contribution in [0.4, 0.5) is 4.39 Å². The second-order valence-electron chi connectivity index (χ2n) is 7.15. The summed E-state index contributed by atoms with van der Waals surface area (Å²) in [5, 5.41) is 1.25. The Hall–Kier alpha value is -3.71. The lowest BCUT2D eigenvalue weighted by molar-refractivity contribution is 0.300. The van der Waals surface area contributed by atoms with Gasteiger partial charge in [0.15, 0.2) is 0 Å². The molecule has 0 unspecified atom stereocenters. The number of rotatable bonds is 4. The summed E-state index contributed by atoms with van der Waals surface area (Å²) in [7, 11) is 0. The van der Waals surface area contributed by atoms with Gasteiger partial charge < -0.3 is 13.6 Å². The van der Waals surface area contributed by atoms with Gasteiger partial charge in [0.25, 0.3) is 0 Å². The molecule has 32 heavy (non-hydrogen) atoms. The fourth-order valence-corrected chi connectivity index (χ4v) is 3.89. The number of hydrogen-bond acceptors (Lipinski definition) is 5. The van der Waals surface area contributed by atoms with Crippen LogP contribution in [0, 0.1) is 5.82 Å². The minimum absolute atomic E-state index is 0.0191. The van der Waals surface area contributed by atoms with Gasteiger partial charge >= 0.3 is 11.3 Å². The van der Waals surface area contributed by atoms with Crippen LogP contribution >= 0.6 is 15.9 Å². The van der Waals surface area contributed by atoms with Gasteiger partial charge in [-0.25, -0.2) is 14.0 Å². The van der Waals surface area contributed by atoms with Crippen molar-refractivity contribution in [3.8, 4) is 16.9 Å². The molecule has 0 spiro atoms. The summed E-state index contributed by atoms with van der Waals surface area (Å²) in [5.74, 6) is 0.0345. The van der Waals surface area contributed by atoms with E-state index in [1.165, 1.54) is 12.1 Å². The van der Waals surface area contributed by atoms with Gasteiger partial charge in [-0.2, -0.15) is 0 Å². The van der Waals surface area contributed by atoms with Crippen molar-refractivity contribution in [1.29, 1.82) is 0 Å². The molecule has 0 aliphatic heterocycles. The zero-order valence-electron chi connectivity index (χ0n) is 16.4. The molecule has 0 atom stereocenters. The van der Waals surface area contributed by atoms with Gasteiger partial charge in [0.2, 0.25) is 0 Å². The molecule has 0 fully saturated rings. The van der Waals surface area contributed by atoms with Crippen LogP contribution in [0.5, 0.6) is 5.75 Å². The molecule has 5 rings (SSSR count). The van der Waals surface area contributed by atoms with E-state index in [9.17, 15) is 14.0 Å². The molecule has 0 saturated carbocycles. The molecular formula is C25H14BrFO5. The van der Waals surface area contributed by atoms with Crippen LogP contribution in [-0.2, 0) is 6.61 Å². The number of hydrogen-bond donors (Lipinski definition) is 0. The maximum atomic E-state index is 13.8. The average molecular weight is 493 g/mol. The zero-order valence-corrected chi connectivity index (χ0v) is 18.0. The van der Waals surface area contributed by atoms with Crippen molar-refractivity contribution in [2.75, 3.05) is 0 Å². The van der Waals surface area contributed by atoms with Crippen LogP contribution in [0.25, 0.3) is 33.1 Å². The first kappa shape index (κ1) is 20.2. The largest absolute Gasteiger partial charge is 0.489 e. The van der Waals surface area contributed by atoms with Gasteiger partial charge in [-0.15, -0.1) is 0 Å². The van der Waals surface area contributed by atoms with Gasteiger partial charge in [-0.3, -0.25) is 0 Å². The van der Waals surface area contributed by atoms with E-state index in [0.717, 1.165) is 4.47 Å². The van der Waals surface area contributed by atoms with Gasteiger partial charge in [-0.05, 0) is 42.5 Å². The van der Waals surface area contributed by atoms with Crippen molar-refractivity contribution < 1.29 is 18.0 Å². The molecule has 7 heteroatoms. The van der Waals surface area contributed by atoms with E-state index in [1.807, 2.05) is 6.07 Å². The van der Waals surface area contributed by atoms with Crippen LogP contribution in [0.2, 0.25) is 0 Å². The predicted octanol–water partition coefficient (Wildman–Crippen LogP) is 6.05. The highest BCUT2D eigenvalue weighted by Crippen LogP contribution is 2.30. The van der Waals surface area contributed by atoms with Crippen LogP contribution in [-0.4, -0.2) is 0 Å².